The van der Waals surface area contributed by atoms with E-state index in [1.807, 2.05) is 0 Å². The molecule has 1 N–H and O–H groups in total. The van der Waals surface area contributed by atoms with E-state index in [1.54, 1.807) is 4.90 Å². The minimum Gasteiger partial charge on any atom is -0.333 e. The molecule has 0 spiro atoms. The summed E-state index contributed by atoms with van der Waals surface area (Å²) in [5, 5.41) is 4.28. The normalized spacial score (nSPS) is 33.1. The summed E-state index contributed by atoms with van der Waals surface area (Å²) >= 11 is 0. The highest BCUT2D eigenvalue weighted by molar-refractivity contribution is 5.88. The maximum absolute atomic E-state index is 12.1. The van der Waals surface area contributed by atoms with Crippen LogP contribution in [0.5, 0.6) is 0 Å². The van der Waals surface area contributed by atoms with Crippen LogP contribution in [0.4, 0.5) is 4.79 Å². The number of piperidine rings is 1. The molecule has 3 fully saturated rings. The summed E-state index contributed by atoms with van der Waals surface area (Å²) in [7, 11) is 0. The van der Waals surface area contributed by atoms with Gasteiger partial charge in [0.1, 0.15) is 6.04 Å². The van der Waals surface area contributed by atoms with E-state index in [0.29, 0.717) is 19.7 Å². The van der Waals surface area contributed by atoms with Crippen LogP contribution >= 0.6 is 0 Å². The SMILES string of the molecule is O=C(C1CCC2CN1C(=O)N2)N1CCCO1. The molecule has 0 aromatic carbocycles. The lowest BCUT2D eigenvalue weighted by atomic mass is 10.0. The molecule has 0 aliphatic carbocycles. The van der Waals surface area contributed by atoms with Gasteiger partial charge in [0.15, 0.2) is 0 Å². The zero-order valence-corrected chi connectivity index (χ0v) is 9.02. The quantitative estimate of drug-likeness (QED) is 0.667. The molecule has 16 heavy (non-hydrogen) atoms. The highest BCUT2D eigenvalue weighted by atomic mass is 16.7. The predicted molar refractivity (Wildman–Crippen MR) is 54.3 cm³/mol. The molecule has 6 nitrogen and oxygen atoms in total. The second-order valence-electron chi connectivity index (χ2n) is 4.52. The molecule has 2 unspecified atom stereocenters. The van der Waals surface area contributed by atoms with Crippen LogP contribution in [0.1, 0.15) is 19.3 Å². The topological polar surface area (TPSA) is 61.9 Å². The fourth-order valence-corrected chi connectivity index (χ4v) is 2.61. The molecule has 3 aliphatic heterocycles. The zero-order chi connectivity index (χ0) is 11.1. The molecule has 3 saturated heterocycles. The van der Waals surface area contributed by atoms with Crippen LogP contribution in [-0.4, -0.2) is 53.7 Å². The standard InChI is InChI=1S/C10H15N3O3/c14-9(13-4-1-5-16-13)8-3-2-7-6-12(8)10(15)11-7/h7-8H,1-6H2,(H,11,15). The van der Waals surface area contributed by atoms with Crippen molar-refractivity contribution < 1.29 is 14.4 Å². The minimum absolute atomic E-state index is 0.0620. The third-order valence-corrected chi connectivity index (χ3v) is 3.45. The van der Waals surface area contributed by atoms with Crippen molar-refractivity contribution in [2.75, 3.05) is 19.7 Å². The Bertz CT molecular complexity index is 327. The van der Waals surface area contributed by atoms with E-state index < -0.39 is 0 Å². The van der Waals surface area contributed by atoms with E-state index >= 15 is 0 Å². The van der Waals surface area contributed by atoms with E-state index in [4.69, 9.17) is 4.84 Å². The molecule has 3 amide bonds. The number of nitrogens with zero attached hydrogens (tertiary/aromatic N) is 2. The summed E-state index contributed by atoms with van der Waals surface area (Å²) < 4.78 is 0. The Morgan fingerprint density at radius 1 is 1.44 bits per heavy atom. The van der Waals surface area contributed by atoms with Gasteiger partial charge in [0.2, 0.25) is 0 Å². The summed E-state index contributed by atoms with van der Waals surface area (Å²) in [5.41, 5.74) is 0. The molecular weight excluding hydrogens is 210 g/mol. The van der Waals surface area contributed by atoms with E-state index in [1.165, 1.54) is 5.06 Å². The second kappa shape index (κ2) is 3.62. The van der Waals surface area contributed by atoms with Crippen LogP contribution < -0.4 is 5.32 Å². The van der Waals surface area contributed by atoms with Gasteiger partial charge in [-0.15, -0.1) is 0 Å². The summed E-state index contributed by atoms with van der Waals surface area (Å²) in [5.74, 6) is -0.0620. The van der Waals surface area contributed by atoms with Crippen molar-refractivity contribution in [2.24, 2.45) is 0 Å². The lowest BCUT2D eigenvalue weighted by Crippen LogP contribution is -2.50. The number of hydrogen-bond acceptors (Lipinski definition) is 3. The second-order valence-corrected chi connectivity index (χ2v) is 4.52. The fraction of sp³-hybridized carbons (Fsp3) is 0.800. The van der Waals surface area contributed by atoms with Gasteiger partial charge < -0.3 is 10.2 Å². The maximum Gasteiger partial charge on any atom is 0.318 e. The first kappa shape index (κ1) is 9.89. The number of carbonyl (C=O) groups excluding carboxylic acids is 2. The van der Waals surface area contributed by atoms with E-state index in [2.05, 4.69) is 5.32 Å². The van der Waals surface area contributed by atoms with Gasteiger partial charge >= 0.3 is 6.03 Å². The van der Waals surface area contributed by atoms with Crippen molar-refractivity contribution >= 4 is 11.9 Å². The molecular formula is C10H15N3O3. The average molecular weight is 225 g/mol. The number of rotatable bonds is 1. The number of nitrogens with one attached hydrogen (secondary N) is 1. The molecule has 2 bridgehead atoms. The first-order valence-corrected chi connectivity index (χ1v) is 5.77. The Labute approximate surface area is 93.5 Å². The number of amides is 3. The van der Waals surface area contributed by atoms with Crippen LogP contribution in [0.25, 0.3) is 0 Å². The van der Waals surface area contributed by atoms with Crippen LogP contribution in [0.15, 0.2) is 0 Å². The Balaban J connectivity index is 1.73. The maximum atomic E-state index is 12.1. The van der Waals surface area contributed by atoms with Crippen molar-refractivity contribution in [3.8, 4) is 0 Å². The third-order valence-electron chi connectivity index (χ3n) is 3.45. The summed E-state index contributed by atoms with van der Waals surface area (Å²) in [4.78, 5) is 30.6. The Hall–Kier alpha value is -1.30. The van der Waals surface area contributed by atoms with Gasteiger partial charge in [0, 0.05) is 12.6 Å². The van der Waals surface area contributed by atoms with Gasteiger partial charge in [-0.1, -0.05) is 0 Å². The first-order valence-electron chi connectivity index (χ1n) is 5.77. The molecule has 0 aromatic heterocycles. The van der Waals surface area contributed by atoms with Crippen molar-refractivity contribution in [1.82, 2.24) is 15.3 Å². The lowest BCUT2D eigenvalue weighted by Gasteiger charge is -2.31. The number of hydroxylamine groups is 2. The smallest absolute Gasteiger partial charge is 0.318 e. The van der Waals surface area contributed by atoms with Crippen LogP contribution in [0.3, 0.4) is 0 Å². The van der Waals surface area contributed by atoms with Gasteiger partial charge in [0.25, 0.3) is 5.91 Å². The first-order chi connectivity index (χ1) is 7.75. The van der Waals surface area contributed by atoms with Gasteiger partial charge in [-0.05, 0) is 19.3 Å². The Morgan fingerprint density at radius 2 is 2.31 bits per heavy atom. The van der Waals surface area contributed by atoms with Gasteiger partial charge in [-0.2, -0.15) is 0 Å². The summed E-state index contributed by atoms with van der Waals surface area (Å²) in [6.07, 6.45) is 2.50. The monoisotopic (exact) mass is 225 g/mol. The highest BCUT2D eigenvalue weighted by Crippen LogP contribution is 2.25. The van der Waals surface area contributed by atoms with Crippen molar-refractivity contribution in [3.05, 3.63) is 0 Å². The summed E-state index contributed by atoms with van der Waals surface area (Å²) in [6, 6.07) is -0.201. The van der Waals surface area contributed by atoms with Crippen LogP contribution in [0, 0.1) is 0 Å². The fourth-order valence-electron chi connectivity index (χ4n) is 2.61. The molecule has 3 heterocycles. The molecule has 3 aliphatic rings. The molecule has 6 heteroatoms. The van der Waals surface area contributed by atoms with Crippen LogP contribution in [0.2, 0.25) is 0 Å². The Morgan fingerprint density at radius 3 is 3.06 bits per heavy atom. The van der Waals surface area contributed by atoms with Crippen molar-refractivity contribution in [3.63, 3.8) is 0 Å². The van der Waals surface area contributed by atoms with Crippen LogP contribution in [-0.2, 0) is 9.63 Å². The number of carbonyl (C=O) groups is 2. The molecule has 2 atom stereocenters. The number of fused-ring (bicyclic) bond motifs is 2. The number of hydrogen-bond donors (Lipinski definition) is 1. The lowest BCUT2D eigenvalue weighted by molar-refractivity contribution is -0.174. The van der Waals surface area contributed by atoms with E-state index in [9.17, 15) is 9.59 Å². The Kier molecular flexibility index (Phi) is 2.24. The van der Waals surface area contributed by atoms with Gasteiger partial charge in [0.05, 0.1) is 13.2 Å². The van der Waals surface area contributed by atoms with Gasteiger partial charge in [-0.25, -0.2) is 9.86 Å². The highest BCUT2D eigenvalue weighted by Gasteiger charge is 2.43. The molecule has 0 saturated carbocycles. The largest absolute Gasteiger partial charge is 0.333 e. The van der Waals surface area contributed by atoms with Crippen molar-refractivity contribution in [1.29, 1.82) is 0 Å². The average Bonchev–Trinajstić information content (AvgIpc) is 2.88. The predicted octanol–water partition coefficient (Wildman–Crippen LogP) is -0.294. The zero-order valence-electron chi connectivity index (χ0n) is 9.02. The van der Waals surface area contributed by atoms with E-state index in [-0.39, 0.29) is 24.0 Å². The molecule has 0 aromatic rings. The van der Waals surface area contributed by atoms with E-state index in [0.717, 1.165) is 19.3 Å². The molecule has 0 radical (unpaired) electrons. The molecule has 3 rings (SSSR count). The number of urea groups is 1. The van der Waals surface area contributed by atoms with Crippen molar-refractivity contribution in [2.45, 2.75) is 31.3 Å². The minimum atomic E-state index is -0.322. The molecule has 88 valence electrons. The third kappa shape index (κ3) is 1.44. The van der Waals surface area contributed by atoms with Gasteiger partial charge in [-0.3, -0.25) is 9.63 Å². The summed E-state index contributed by atoms with van der Waals surface area (Å²) in [6.45, 7) is 1.91.